The molecular formula is C11H22O5. The minimum Gasteiger partial charge on any atom is -0.396 e. The molecule has 0 aliphatic carbocycles. The highest BCUT2D eigenvalue weighted by Gasteiger charge is 2.45. The van der Waals surface area contributed by atoms with E-state index < -0.39 is 11.9 Å². The maximum Gasteiger partial charge on any atom is 0.157 e. The van der Waals surface area contributed by atoms with Crippen molar-refractivity contribution >= 4 is 0 Å². The Morgan fingerprint density at radius 1 is 1.50 bits per heavy atom. The van der Waals surface area contributed by atoms with E-state index in [4.69, 9.17) is 19.3 Å². The zero-order valence-electron chi connectivity index (χ0n) is 10.2. The lowest BCUT2D eigenvalue weighted by Crippen LogP contribution is -2.57. The molecule has 0 bridgehead atoms. The fraction of sp³-hybridized carbons (Fsp3) is 1.00. The van der Waals surface area contributed by atoms with E-state index in [1.54, 1.807) is 7.11 Å². The molecule has 5 nitrogen and oxygen atoms in total. The molecule has 0 saturated carbocycles. The molecule has 96 valence electrons. The second-order valence-electron chi connectivity index (χ2n) is 4.39. The fourth-order valence-corrected chi connectivity index (χ4v) is 2.11. The molecule has 4 atom stereocenters. The summed E-state index contributed by atoms with van der Waals surface area (Å²) < 4.78 is 16.4. The second-order valence-corrected chi connectivity index (χ2v) is 4.39. The van der Waals surface area contributed by atoms with Crippen LogP contribution in [0, 0.1) is 0 Å². The normalized spacial score (nSPS) is 39.9. The molecule has 0 aromatic heterocycles. The average molecular weight is 234 g/mol. The maximum absolute atomic E-state index is 9.54. The Balaban J connectivity index is 2.61. The minimum absolute atomic E-state index is 0.105. The van der Waals surface area contributed by atoms with Gasteiger partial charge in [0.05, 0.1) is 11.7 Å². The first-order valence-electron chi connectivity index (χ1n) is 5.64. The van der Waals surface area contributed by atoms with Crippen LogP contribution in [0.2, 0.25) is 0 Å². The number of rotatable bonds is 5. The highest BCUT2D eigenvalue weighted by molar-refractivity contribution is 4.93. The highest BCUT2D eigenvalue weighted by atomic mass is 16.6. The summed E-state index contributed by atoms with van der Waals surface area (Å²) in [5.41, 5.74) is -0.549. The van der Waals surface area contributed by atoms with Crippen molar-refractivity contribution in [1.82, 2.24) is 0 Å². The van der Waals surface area contributed by atoms with Crippen LogP contribution in [0.25, 0.3) is 0 Å². The molecule has 2 N–H and O–H groups in total. The third-order valence-corrected chi connectivity index (χ3v) is 3.05. The molecule has 1 saturated heterocycles. The Hall–Kier alpha value is -0.200. The van der Waals surface area contributed by atoms with Crippen LogP contribution in [-0.4, -0.2) is 54.6 Å². The number of ether oxygens (including phenoxy) is 3. The molecule has 16 heavy (non-hydrogen) atoms. The van der Waals surface area contributed by atoms with Crippen molar-refractivity contribution in [3.05, 3.63) is 0 Å². The first-order valence-corrected chi connectivity index (χ1v) is 5.64. The van der Waals surface area contributed by atoms with Crippen molar-refractivity contribution in [2.45, 2.75) is 50.8 Å². The van der Waals surface area contributed by atoms with E-state index in [1.165, 1.54) is 0 Å². The van der Waals surface area contributed by atoms with Gasteiger partial charge in [-0.15, -0.1) is 0 Å². The van der Waals surface area contributed by atoms with Gasteiger partial charge in [-0.25, -0.2) is 0 Å². The van der Waals surface area contributed by atoms with Gasteiger partial charge in [0.2, 0.25) is 0 Å². The average Bonchev–Trinajstić information content (AvgIpc) is 2.22. The van der Waals surface area contributed by atoms with Crippen LogP contribution in [0.15, 0.2) is 0 Å². The summed E-state index contributed by atoms with van der Waals surface area (Å²) in [5.74, 6) is 0. The Morgan fingerprint density at radius 2 is 2.19 bits per heavy atom. The van der Waals surface area contributed by atoms with E-state index >= 15 is 0 Å². The lowest BCUT2D eigenvalue weighted by molar-refractivity contribution is -0.274. The van der Waals surface area contributed by atoms with Crippen molar-refractivity contribution in [1.29, 1.82) is 0 Å². The standard InChI is InChI=1S/C11H22O5/c1-8-10(15-6-4-5-12)11(2,14-3)7-9(13)16-8/h8-10,12-13H,4-7H2,1-3H3/t8?,9-,10-,11-/m1/s1. The Kier molecular flexibility index (Phi) is 5.14. The van der Waals surface area contributed by atoms with Gasteiger partial charge >= 0.3 is 0 Å². The van der Waals surface area contributed by atoms with Crippen molar-refractivity contribution in [2.24, 2.45) is 0 Å². The Bertz CT molecular complexity index is 211. The Morgan fingerprint density at radius 3 is 2.75 bits per heavy atom. The summed E-state index contributed by atoms with van der Waals surface area (Å²) in [7, 11) is 1.60. The smallest absolute Gasteiger partial charge is 0.157 e. The van der Waals surface area contributed by atoms with Crippen LogP contribution in [0.5, 0.6) is 0 Å². The molecule has 1 aliphatic rings. The second kappa shape index (κ2) is 5.93. The molecule has 1 unspecified atom stereocenters. The third-order valence-electron chi connectivity index (χ3n) is 3.05. The van der Waals surface area contributed by atoms with E-state index in [0.29, 0.717) is 19.4 Å². The lowest BCUT2D eigenvalue weighted by atomic mass is 9.88. The fourth-order valence-electron chi connectivity index (χ4n) is 2.11. The first kappa shape index (κ1) is 13.9. The van der Waals surface area contributed by atoms with E-state index in [0.717, 1.165) is 0 Å². The molecule has 1 rings (SSSR count). The first-order chi connectivity index (χ1) is 7.53. The number of methoxy groups -OCH3 is 1. The van der Waals surface area contributed by atoms with Crippen molar-refractivity contribution < 1.29 is 24.4 Å². The van der Waals surface area contributed by atoms with Gasteiger partial charge in [-0.3, -0.25) is 0 Å². The molecule has 0 aromatic carbocycles. The SMILES string of the molecule is CO[C@]1(C)C[C@H](O)OC(C)[C@H]1OCCCO. The van der Waals surface area contributed by atoms with E-state index in [9.17, 15) is 5.11 Å². The predicted octanol–water partition coefficient (Wildman–Crippen LogP) is 0.286. The highest BCUT2D eigenvalue weighted by Crippen LogP contribution is 2.33. The predicted molar refractivity (Wildman–Crippen MR) is 58.0 cm³/mol. The summed E-state index contributed by atoms with van der Waals surface area (Å²) in [6.45, 7) is 4.32. The summed E-state index contributed by atoms with van der Waals surface area (Å²) in [5, 5.41) is 18.2. The maximum atomic E-state index is 9.54. The van der Waals surface area contributed by atoms with Crippen molar-refractivity contribution in [3.8, 4) is 0 Å². The molecule has 1 fully saturated rings. The summed E-state index contributed by atoms with van der Waals surface area (Å²) >= 11 is 0. The summed E-state index contributed by atoms with van der Waals surface area (Å²) in [6, 6.07) is 0. The van der Waals surface area contributed by atoms with Gasteiger partial charge in [0.25, 0.3) is 0 Å². The van der Waals surface area contributed by atoms with Gasteiger partial charge < -0.3 is 24.4 Å². The molecule has 5 heteroatoms. The van der Waals surface area contributed by atoms with Crippen molar-refractivity contribution in [3.63, 3.8) is 0 Å². The lowest BCUT2D eigenvalue weighted by Gasteiger charge is -2.45. The van der Waals surface area contributed by atoms with E-state index in [-0.39, 0.29) is 18.8 Å². The van der Waals surface area contributed by atoms with E-state index in [1.807, 2.05) is 13.8 Å². The van der Waals surface area contributed by atoms with Gasteiger partial charge in [0.15, 0.2) is 6.29 Å². The van der Waals surface area contributed by atoms with E-state index in [2.05, 4.69) is 0 Å². The molecule has 0 radical (unpaired) electrons. The zero-order valence-corrected chi connectivity index (χ0v) is 10.2. The van der Waals surface area contributed by atoms with Crippen LogP contribution >= 0.6 is 0 Å². The van der Waals surface area contributed by atoms with Crippen LogP contribution in [-0.2, 0) is 14.2 Å². The summed E-state index contributed by atoms with van der Waals surface area (Å²) in [6.07, 6.45) is -0.291. The number of hydrogen-bond donors (Lipinski definition) is 2. The number of aliphatic hydroxyl groups is 2. The minimum atomic E-state index is -0.808. The van der Waals surface area contributed by atoms with Crippen LogP contribution in [0.3, 0.4) is 0 Å². The summed E-state index contributed by atoms with van der Waals surface area (Å²) in [4.78, 5) is 0. The third kappa shape index (κ3) is 3.15. The van der Waals surface area contributed by atoms with Gasteiger partial charge in [-0.2, -0.15) is 0 Å². The molecule has 0 aromatic rings. The van der Waals surface area contributed by atoms with Crippen LogP contribution in [0.1, 0.15) is 26.7 Å². The molecule has 1 aliphatic heterocycles. The van der Waals surface area contributed by atoms with Gasteiger partial charge in [0.1, 0.15) is 6.10 Å². The van der Waals surface area contributed by atoms with Crippen LogP contribution < -0.4 is 0 Å². The quantitative estimate of drug-likeness (QED) is 0.669. The molecular weight excluding hydrogens is 212 g/mol. The van der Waals surface area contributed by atoms with Crippen molar-refractivity contribution in [2.75, 3.05) is 20.3 Å². The van der Waals surface area contributed by atoms with Gasteiger partial charge in [0, 0.05) is 26.7 Å². The topological polar surface area (TPSA) is 68.2 Å². The monoisotopic (exact) mass is 234 g/mol. The van der Waals surface area contributed by atoms with Gasteiger partial charge in [-0.05, 0) is 20.3 Å². The number of hydrogen-bond acceptors (Lipinski definition) is 5. The molecule has 0 spiro atoms. The van der Waals surface area contributed by atoms with Gasteiger partial charge in [-0.1, -0.05) is 0 Å². The number of aliphatic hydroxyl groups excluding tert-OH is 2. The Labute approximate surface area is 96.3 Å². The molecule has 0 amide bonds. The zero-order chi connectivity index (χ0) is 12.2. The largest absolute Gasteiger partial charge is 0.396 e. The van der Waals surface area contributed by atoms with Crippen LogP contribution in [0.4, 0.5) is 0 Å². The molecule has 1 heterocycles.